The number of fused-ring (bicyclic) bond motifs is 1. The van der Waals surface area contributed by atoms with Crippen molar-refractivity contribution >= 4 is 34.2 Å². The molecule has 1 aromatic heterocycles. The highest BCUT2D eigenvalue weighted by Crippen LogP contribution is 2.24. The molecule has 2 amide bonds. The van der Waals surface area contributed by atoms with Crippen LogP contribution in [0.15, 0.2) is 18.2 Å². The van der Waals surface area contributed by atoms with Crippen molar-refractivity contribution in [2.24, 2.45) is 0 Å². The van der Waals surface area contributed by atoms with E-state index in [1.54, 1.807) is 12.1 Å². The minimum Gasteiger partial charge on any atom is -0.399 e. The number of rotatable bonds is 2. The number of H-pyrrole nitrogens is 1. The third-order valence-corrected chi connectivity index (χ3v) is 3.14. The van der Waals surface area contributed by atoms with Crippen molar-refractivity contribution in [1.82, 2.24) is 15.5 Å². The second-order valence-corrected chi connectivity index (χ2v) is 4.53. The molecule has 0 saturated carbocycles. The van der Waals surface area contributed by atoms with Crippen LogP contribution in [-0.4, -0.2) is 28.1 Å². The maximum atomic E-state index is 11.7. The van der Waals surface area contributed by atoms with E-state index >= 15 is 0 Å². The van der Waals surface area contributed by atoms with Crippen LogP contribution in [-0.2, 0) is 9.59 Å². The van der Waals surface area contributed by atoms with Gasteiger partial charge >= 0.3 is 0 Å². The second-order valence-electron chi connectivity index (χ2n) is 4.53. The fourth-order valence-corrected chi connectivity index (χ4v) is 2.14. The molecule has 98 valence electrons. The van der Waals surface area contributed by atoms with E-state index in [1.165, 1.54) is 0 Å². The lowest BCUT2D eigenvalue weighted by Gasteiger charge is -2.21. The van der Waals surface area contributed by atoms with Gasteiger partial charge in [-0.3, -0.25) is 20.0 Å². The SMILES string of the molecule is Nc1ccc2[nH]nc(NC3CCC(=O)NC3=O)c2c1. The Kier molecular flexibility index (Phi) is 2.59. The van der Waals surface area contributed by atoms with Crippen LogP contribution >= 0.6 is 0 Å². The summed E-state index contributed by atoms with van der Waals surface area (Å²) >= 11 is 0. The topological polar surface area (TPSA) is 113 Å². The van der Waals surface area contributed by atoms with Crippen molar-refractivity contribution in [1.29, 1.82) is 0 Å². The Balaban J connectivity index is 1.87. The number of nitrogen functional groups attached to an aromatic ring is 1. The smallest absolute Gasteiger partial charge is 0.249 e. The van der Waals surface area contributed by atoms with Crippen LogP contribution in [0.5, 0.6) is 0 Å². The highest BCUT2D eigenvalue weighted by molar-refractivity contribution is 6.02. The van der Waals surface area contributed by atoms with Crippen molar-refractivity contribution in [3.05, 3.63) is 18.2 Å². The molecular formula is C12H13N5O2. The number of anilines is 2. The van der Waals surface area contributed by atoms with Crippen LogP contribution in [0, 0.1) is 0 Å². The number of nitrogens with two attached hydrogens (primary N) is 1. The van der Waals surface area contributed by atoms with E-state index in [4.69, 9.17) is 5.73 Å². The summed E-state index contributed by atoms with van der Waals surface area (Å²) in [7, 11) is 0. The maximum Gasteiger partial charge on any atom is 0.249 e. The van der Waals surface area contributed by atoms with Crippen LogP contribution in [0.3, 0.4) is 0 Å². The highest BCUT2D eigenvalue weighted by atomic mass is 16.2. The van der Waals surface area contributed by atoms with Crippen molar-refractivity contribution in [2.45, 2.75) is 18.9 Å². The van der Waals surface area contributed by atoms with Crippen LogP contribution in [0.2, 0.25) is 0 Å². The molecule has 3 rings (SSSR count). The van der Waals surface area contributed by atoms with Crippen molar-refractivity contribution in [3.8, 4) is 0 Å². The molecule has 1 aliphatic rings. The monoisotopic (exact) mass is 259 g/mol. The molecule has 0 radical (unpaired) electrons. The Morgan fingerprint density at radius 1 is 1.37 bits per heavy atom. The molecule has 1 atom stereocenters. The third kappa shape index (κ3) is 2.10. The van der Waals surface area contributed by atoms with Gasteiger partial charge in [-0.1, -0.05) is 0 Å². The molecule has 0 aliphatic carbocycles. The number of nitrogens with zero attached hydrogens (tertiary/aromatic N) is 1. The Morgan fingerprint density at radius 3 is 3.00 bits per heavy atom. The Labute approximate surface area is 108 Å². The summed E-state index contributed by atoms with van der Waals surface area (Å²) in [6.07, 6.45) is 0.787. The van der Waals surface area contributed by atoms with Gasteiger partial charge in [0.1, 0.15) is 6.04 Å². The van der Waals surface area contributed by atoms with Gasteiger partial charge in [0, 0.05) is 17.5 Å². The molecule has 1 unspecified atom stereocenters. The number of aromatic nitrogens is 2. The normalized spacial score (nSPS) is 19.5. The molecule has 1 saturated heterocycles. The predicted octanol–water partition coefficient (Wildman–Crippen LogP) is 0.362. The lowest BCUT2D eigenvalue weighted by atomic mass is 10.1. The Morgan fingerprint density at radius 2 is 2.21 bits per heavy atom. The second kappa shape index (κ2) is 4.27. The molecule has 7 nitrogen and oxygen atoms in total. The molecule has 2 heterocycles. The van der Waals surface area contributed by atoms with Gasteiger partial charge in [0.05, 0.1) is 5.52 Å². The standard InChI is InChI=1S/C12H13N5O2/c13-6-1-2-8-7(5-6)11(17-16-8)14-9-3-4-10(18)15-12(9)19/h1-2,5,9H,3-4,13H2,(H2,14,16,17)(H,15,18,19). The Bertz CT molecular complexity index is 663. The predicted molar refractivity (Wildman–Crippen MR) is 70.3 cm³/mol. The van der Waals surface area contributed by atoms with E-state index in [1.807, 2.05) is 6.07 Å². The first-order chi connectivity index (χ1) is 9.13. The number of carbonyl (C=O) groups excluding carboxylic acids is 2. The first-order valence-corrected chi connectivity index (χ1v) is 5.97. The molecule has 0 bridgehead atoms. The largest absolute Gasteiger partial charge is 0.399 e. The van der Waals surface area contributed by atoms with Gasteiger partial charge in [-0.25, -0.2) is 0 Å². The van der Waals surface area contributed by atoms with Gasteiger partial charge in [-0.2, -0.15) is 5.10 Å². The van der Waals surface area contributed by atoms with Crippen LogP contribution in [0.4, 0.5) is 11.5 Å². The third-order valence-electron chi connectivity index (χ3n) is 3.14. The number of amides is 2. The lowest BCUT2D eigenvalue weighted by molar-refractivity contribution is -0.133. The average Bonchev–Trinajstić information content (AvgIpc) is 2.75. The summed E-state index contributed by atoms with van der Waals surface area (Å²) in [5.41, 5.74) is 7.20. The number of imide groups is 1. The van der Waals surface area contributed by atoms with Crippen LogP contribution in [0.25, 0.3) is 10.9 Å². The maximum absolute atomic E-state index is 11.7. The van der Waals surface area contributed by atoms with Crippen molar-refractivity contribution in [3.63, 3.8) is 0 Å². The molecule has 1 aliphatic heterocycles. The van der Waals surface area contributed by atoms with Crippen LogP contribution in [0.1, 0.15) is 12.8 Å². The fraction of sp³-hybridized carbons (Fsp3) is 0.250. The molecule has 19 heavy (non-hydrogen) atoms. The molecule has 7 heteroatoms. The molecule has 5 N–H and O–H groups in total. The Hall–Kier alpha value is -2.57. The zero-order valence-electron chi connectivity index (χ0n) is 10.1. The van der Waals surface area contributed by atoms with Crippen LogP contribution < -0.4 is 16.4 Å². The van der Waals surface area contributed by atoms with Gasteiger partial charge in [-0.15, -0.1) is 0 Å². The number of piperidine rings is 1. The zero-order chi connectivity index (χ0) is 13.4. The summed E-state index contributed by atoms with van der Waals surface area (Å²) in [4.78, 5) is 22.8. The summed E-state index contributed by atoms with van der Waals surface area (Å²) in [5, 5.41) is 13.2. The van der Waals surface area contributed by atoms with E-state index in [2.05, 4.69) is 20.8 Å². The number of nitrogens with one attached hydrogen (secondary N) is 3. The number of carbonyl (C=O) groups is 2. The van der Waals surface area contributed by atoms with E-state index in [0.717, 1.165) is 10.9 Å². The van der Waals surface area contributed by atoms with E-state index in [0.29, 0.717) is 24.3 Å². The molecule has 2 aromatic rings. The number of benzene rings is 1. The quantitative estimate of drug-likeness (QED) is 0.459. The first kappa shape index (κ1) is 11.5. The molecular weight excluding hydrogens is 246 g/mol. The average molecular weight is 259 g/mol. The van der Waals surface area contributed by atoms with Crippen molar-refractivity contribution < 1.29 is 9.59 Å². The van der Waals surface area contributed by atoms with E-state index < -0.39 is 6.04 Å². The summed E-state index contributed by atoms with van der Waals surface area (Å²) in [6, 6.07) is 4.93. The highest BCUT2D eigenvalue weighted by Gasteiger charge is 2.27. The van der Waals surface area contributed by atoms with Gasteiger partial charge in [-0.05, 0) is 24.6 Å². The fourth-order valence-electron chi connectivity index (χ4n) is 2.14. The number of aromatic amines is 1. The molecule has 1 aromatic carbocycles. The minimum atomic E-state index is -0.453. The van der Waals surface area contributed by atoms with Gasteiger partial charge in [0.15, 0.2) is 5.82 Å². The molecule has 1 fully saturated rings. The van der Waals surface area contributed by atoms with Gasteiger partial charge in [0.2, 0.25) is 11.8 Å². The number of hydrogen-bond acceptors (Lipinski definition) is 5. The number of hydrogen-bond donors (Lipinski definition) is 4. The van der Waals surface area contributed by atoms with Gasteiger partial charge < -0.3 is 11.1 Å². The first-order valence-electron chi connectivity index (χ1n) is 5.97. The summed E-state index contributed by atoms with van der Waals surface area (Å²) in [5.74, 6) is 0.00674. The molecule has 0 spiro atoms. The lowest BCUT2D eigenvalue weighted by Crippen LogP contribution is -2.47. The van der Waals surface area contributed by atoms with E-state index in [-0.39, 0.29) is 11.8 Å². The van der Waals surface area contributed by atoms with Crippen molar-refractivity contribution in [2.75, 3.05) is 11.1 Å². The van der Waals surface area contributed by atoms with Gasteiger partial charge in [0.25, 0.3) is 0 Å². The van der Waals surface area contributed by atoms with E-state index in [9.17, 15) is 9.59 Å². The minimum absolute atomic E-state index is 0.237. The summed E-state index contributed by atoms with van der Waals surface area (Å²) < 4.78 is 0. The summed E-state index contributed by atoms with van der Waals surface area (Å²) in [6.45, 7) is 0. The zero-order valence-corrected chi connectivity index (χ0v) is 10.1.